The molecule has 10 nitrogen and oxygen atoms in total. The Morgan fingerprint density at radius 2 is 1.85 bits per heavy atom. The highest BCUT2D eigenvalue weighted by atomic mass is 19.1. The average Bonchev–Trinajstić information content (AvgIpc) is 3.30. The zero-order chi connectivity index (χ0) is 28.4. The Hall–Kier alpha value is -4.12. The van der Waals surface area contributed by atoms with Crippen molar-refractivity contribution in [1.82, 2.24) is 34.3 Å². The van der Waals surface area contributed by atoms with Crippen molar-refractivity contribution in [3.8, 4) is 11.3 Å². The maximum atomic E-state index is 14.9. The molecule has 1 N–H and O–H groups in total. The molecule has 40 heavy (non-hydrogen) atoms. The van der Waals surface area contributed by atoms with E-state index in [1.54, 1.807) is 17.3 Å². The van der Waals surface area contributed by atoms with E-state index in [4.69, 9.17) is 4.74 Å². The largest absolute Gasteiger partial charge is 0.444 e. The fourth-order valence-corrected chi connectivity index (χ4v) is 4.66. The van der Waals surface area contributed by atoms with E-state index in [1.165, 1.54) is 6.20 Å². The van der Waals surface area contributed by atoms with Gasteiger partial charge >= 0.3 is 6.09 Å². The molecule has 0 aliphatic carbocycles. The van der Waals surface area contributed by atoms with Gasteiger partial charge in [-0.15, -0.1) is 0 Å². The predicted octanol–water partition coefficient (Wildman–Crippen LogP) is 5.40. The smallest absolute Gasteiger partial charge is 0.410 e. The summed E-state index contributed by atoms with van der Waals surface area (Å²) in [4.78, 5) is 34.0. The highest BCUT2D eigenvalue weighted by molar-refractivity contribution is 5.93. The summed E-state index contributed by atoms with van der Waals surface area (Å²) in [5, 5.41) is 3.92. The number of hydrogen-bond acceptors (Lipinski definition) is 8. The van der Waals surface area contributed by atoms with Gasteiger partial charge in [0.15, 0.2) is 5.82 Å². The molecular formula is C29H35FN8O2. The van der Waals surface area contributed by atoms with Crippen LogP contribution in [0, 0.1) is 5.82 Å². The lowest BCUT2D eigenvalue weighted by molar-refractivity contribution is 0.0139. The number of amides is 1. The summed E-state index contributed by atoms with van der Waals surface area (Å²) in [6, 6.07) is 7.75. The summed E-state index contributed by atoms with van der Waals surface area (Å²) in [5.74, 6) is 0.305. The maximum absolute atomic E-state index is 14.9. The van der Waals surface area contributed by atoms with Crippen molar-refractivity contribution >= 4 is 28.9 Å². The van der Waals surface area contributed by atoms with E-state index in [1.807, 2.05) is 55.8 Å². The van der Waals surface area contributed by atoms with Gasteiger partial charge in [-0.25, -0.2) is 29.1 Å². The Morgan fingerprint density at radius 3 is 2.52 bits per heavy atom. The number of hydrogen-bond donors (Lipinski definition) is 1. The van der Waals surface area contributed by atoms with Gasteiger partial charge in [-0.05, 0) is 58.4 Å². The first kappa shape index (κ1) is 27.4. The number of rotatable bonds is 6. The van der Waals surface area contributed by atoms with Crippen LogP contribution in [0.2, 0.25) is 0 Å². The van der Waals surface area contributed by atoms with Crippen molar-refractivity contribution in [3.63, 3.8) is 0 Å². The average molecular weight is 547 g/mol. The lowest BCUT2D eigenvalue weighted by Crippen LogP contribution is -2.49. The fourth-order valence-electron chi connectivity index (χ4n) is 4.66. The minimum Gasteiger partial charge on any atom is -0.444 e. The predicted molar refractivity (Wildman–Crippen MR) is 152 cm³/mol. The third-order valence-electron chi connectivity index (χ3n) is 6.64. The topological polar surface area (TPSA) is 101 Å². The molecule has 0 spiro atoms. The van der Waals surface area contributed by atoms with Gasteiger partial charge in [-0.3, -0.25) is 4.90 Å². The van der Waals surface area contributed by atoms with Crippen LogP contribution >= 0.6 is 0 Å². The van der Waals surface area contributed by atoms with Gasteiger partial charge in [0.1, 0.15) is 22.8 Å². The zero-order valence-corrected chi connectivity index (χ0v) is 23.6. The van der Waals surface area contributed by atoms with Gasteiger partial charge in [0.25, 0.3) is 0 Å². The van der Waals surface area contributed by atoms with E-state index in [0.29, 0.717) is 24.5 Å². The van der Waals surface area contributed by atoms with Crippen molar-refractivity contribution in [2.24, 2.45) is 0 Å². The second-order valence-corrected chi connectivity index (χ2v) is 11.2. The molecule has 1 aliphatic rings. The first-order valence-electron chi connectivity index (χ1n) is 13.5. The summed E-state index contributed by atoms with van der Waals surface area (Å²) >= 11 is 0. The van der Waals surface area contributed by atoms with Crippen LogP contribution in [0.5, 0.6) is 0 Å². The first-order chi connectivity index (χ1) is 19.1. The van der Waals surface area contributed by atoms with E-state index in [9.17, 15) is 9.18 Å². The minimum atomic E-state index is -0.507. The van der Waals surface area contributed by atoms with Crippen LogP contribution in [0.1, 0.15) is 46.2 Å². The molecule has 1 fully saturated rings. The van der Waals surface area contributed by atoms with Crippen molar-refractivity contribution in [2.45, 2.75) is 52.8 Å². The minimum absolute atomic E-state index is 0.158. The van der Waals surface area contributed by atoms with Crippen LogP contribution in [0.15, 0.2) is 49.1 Å². The fraction of sp³-hybridized carbons (Fsp3) is 0.414. The number of carbonyl (C=O) groups excluding carboxylic acids is 1. The Labute approximate surface area is 233 Å². The van der Waals surface area contributed by atoms with E-state index in [0.717, 1.165) is 36.2 Å². The third-order valence-corrected chi connectivity index (χ3v) is 6.64. The number of ether oxygens (including phenoxy) is 1. The van der Waals surface area contributed by atoms with Gasteiger partial charge in [0.2, 0.25) is 5.95 Å². The molecule has 210 valence electrons. The van der Waals surface area contributed by atoms with Crippen molar-refractivity contribution < 1.29 is 13.9 Å². The van der Waals surface area contributed by atoms with Gasteiger partial charge in [0.05, 0.1) is 6.20 Å². The van der Waals surface area contributed by atoms with Crippen LogP contribution in [-0.4, -0.2) is 72.2 Å². The summed E-state index contributed by atoms with van der Waals surface area (Å²) in [5.41, 5.74) is 2.20. The normalized spacial score (nSPS) is 14.6. The van der Waals surface area contributed by atoms with Crippen molar-refractivity contribution in [2.75, 3.05) is 31.5 Å². The van der Waals surface area contributed by atoms with E-state index >= 15 is 0 Å². The Balaban J connectivity index is 1.24. The molecule has 0 aromatic carbocycles. The molecule has 4 aromatic heterocycles. The van der Waals surface area contributed by atoms with Crippen LogP contribution in [-0.2, 0) is 11.3 Å². The van der Waals surface area contributed by atoms with Crippen LogP contribution in [0.4, 0.5) is 21.0 Å². The number of anilines is 2. The van der Waals surface area contributed by atoms with E-state index in [2.05, 4.69) is 44.0 Å². The number of aromatic nitrogens is 5. The lowest BCUT2D eigenvalue weighted by atomic mass is 10.1. The van der Waals surface area contributed by atoms with Gasteiger partial charge in [0, 0.05) is 68.3 Å². The van der Waals surface area contributed by atoms with Crippen LogP contribution in [0.3, 0.4) is 0 Å². The van der Waals surface area contributed by atoms with E-state index < -0.39 is 11.4 Å². The molecule has 0 bridgehead atoms. The summed E-state index contributed by atoms with van der Waals surface area (Å²) in [6.45, 7) is 13.2. The lowest BCUT2D eigenvalue weighted by Gasteiger charge is -2.35. The van der Waals surface area contributed by atoms with Crippen molar-refractivity contribution in [1.29, 1.82) is 0 Å². The quantitative estimate of drug-likeness (QED) is 0.343. The molecule has 0 radical (unpaired) electrons. The van der Waals surface area contributed by atoms with Gasteiger partial charge in [-0.2, -0.15) is 0 Å². The summed E-state index contributed by atoms with van der Waals surface area (Å²) in [6.07, 6.45) is 6.32. The molecular weight excluding hydrogens is 511 g/mol. The molecule has 0 saturated carbocycles. The third kappa shape index (κ3) is 6.20. The molecule has 0 unspecified atom stereocenters. The molecule has 5 heterocycles. The Kier molecular flexibility index (Phi) is 7.66. The maximum Gasteiger partial charge on any atom is 0.410 e. The number of pyridine rings is 2. The number of nitrogens with zero attached hydrogens (tertiary/aromatic N) is 7. The number of piperazine rings is 1. The number of carbonyl (C=O) groups is 1. The van der Waals surface area contributed by atoms with Crippen LogP contribution in [0.25, 0.3) is 22.3 Å². The first-order valence-corrected chi connectivity index (χ1v) is 13.5. The second-order valence-electron chi connectivity index (χ2n) is 11.2. The van der Waals surface area contributed by atoms with E-state index in [-0.39, 0.29) is 23.8 Å². The number of nitrogens with one attached hydrogen (secondary N) is 1. The molecule has 1 amide bonds. The summed E-state index contributed by atoms with van der Waals surface area (Å²) < 4.78 is 22.4. The highest BCUT2D eigenvalue weighted by Crippen LogP contribution is 2.32. The molecule has 4 aromatic rings. The molecule has 11 heteroatoms. The SMILES string of the molecule is CC(C)n1cc(-c2nc(Nc3ccc(CN4CCN(C(=O)OC(C)(C)C)CC4)cn3)ncc2F)c2cccnc21. The molecule has 1 saturated heterocycles. The van der Waals surface area contributed by atoms with Crippen LogP contribution < -0.4 is 5.32 Å². The zero-order valence-electron chi connectivity index (χ0n) is 23.6. The van der Waals surface area contributed by atoms with Crippen molar-refractivity contribution in [3.05, 3.63) is 60.4 Å². The monoisotopic (exact) mass is 546 g/mol. The van der Waals surface area contributed by atoms with Gasteiger partial charge in [-0.1, -0.05) is 6.07 Å². The number of halogens is 1. The molecule has 1 aliphatic heterocycles. The second kappa shape index (κ2) is 11.2. The highest BCUT2D eigenvalue weighted by Gasteiger charge is 2.26. The Morgan fingerprint density at radius 1 is 1.07 bits per heavy atom. The number of fused-ring (bicyclic) bond motifs is 1. The summed E-state index contributed by atoms with van der Waals surface area (Å²) in [7, 11) is 0. The molecule has 5 rings (SSSR count). The Bertz CT molecular complexity index is 1490. The van der Waals surface area contributed by atoms with Gasteiger partial charge < -0.3 is 19.5 Å². The standard InChI is InChI=1S/C29H35FN8O2/c1-19(2)38-18-22(21-7-6-10-31-26(21)38)25-23(30)16-33-27(35-25)34-24-9-8-20(15-32-24)17-36-11-13-37(14-12-36)28(39)40-29(3,4)5/h6-10,15-16,18-19H,11-14,17H2,1-5H3,(H,32,33,34,35). The molecule has 0 atom stereocenters.